The Morgan fingerprint density at radius 2 is 0.618 bits per heavy atom. The van der Waals surface area contributed by atoms with Gasteiger partial charge in [-0.2, -0.15) is 0 Å². The third kappa shape index (κ3) is 2.95. The lowest BCUT2D eigenvalue weighted by molar-refractivity contribution is 0.0979. The maximum absolute atomic E-state index is 12.5. The van der Waals surface area contributed by atoms with Crippen molar-refractivity contribution in [3.8, 4) is 11.1 Å². The van der Waals surface area contributed by atoms with Crippen LogP contribution in [-0.4, -0.2) is 17.3 Å². The summed E-state index contributed by atoms with van der Waals surface area (Å²) in [4.78, 5) is 36.7. The van der Waals surface area contributed by atoms with Gasteiger partial charge < -0.3 is 0 Å². The minimum atomic E-state index is -0.0641. The van der Waals surface area contributed by atoms with Gasteiger partial charge in [0.05, 0.1) is 0 Å². The second-order valence-corrected chi connectivity index (χ2v) is 8.33. The van der Waals surface area contributed by atoms with E-state index in [9.17, 15) is 14.4 Å². The van der Waals surface area contributed by atoms with Gasteiger partial charge in [-0.1, -0.05) is 109 Å². The SMILES string of the molecule is O=C1c2ccccc2-c2cccc3cccc1c23.O=C1c2ccccc2C(=O)c2ccccc21. The van der Waals surface area contributed by atoms with Crippen LogP contribution >= 0.6 is 0 Å². The molecule has 0 radical (unpaired) electrons. The Hall–Kier alpha value is -4.63. The zero-order valence-corrected chi connectivity index (χ0v) is 18.1. The van der Waals surface area contributed by atoms with Crippen molar-refractivity contribution in [3.05, 3.63) is 143 Å². The van der Waals surface area contributed by atoms with Gasteiger partial charge in [-0.3, -0.25) is 14.4 Å². The third-order valence-electron chi connectivity index (χ3n) is 6.44. The molecule has 2 aliphatic carbocycles. The molecule has 2 aliphatic rings. The number of carbonyl (C=O) groups excluding carboxylic acids is 3. The fourth-order valence-corrected chi connectivity index (χ4v) is 4.86. The Bertz CT molecular complexity index is 1550. The third-order valence-corrected chi connectivity index (χ3v) is 6.44. The van der Waals surface area contributed by atoms with Crippen molar-refractivity contribution in [1.29, 1.82) is 0 Å². The zero-order chi connectivity index (χ0) is 23.2. The summed E-state index contributed by atoms with van der Waals surface area (Å²) in [6, 6.07) is 33.9. The lowest BCUT2D eigenvalue weighted by Crippen LogP contribution is -2.20. The molecule has 0 bridgehead atoms. The van der Waals surface area contributed by atoms with E-state index in [-0.39, 0.29) is 17.3 Å². The Morgan fingerprint density at radius 3 is 1.09 bits per heavy atom. The predicted octanol–water partition coefficient (Wildman–Crippen LogP) is 6.51. The van der Waals surface area contributed by atoms with Crippen LogP contribution < -0.4 is 0 Å². The van der Waals surface area contributed by atoms with Gasteiger partial charge in [0, 0.05) is 38.8 Å². The summed E-state index contributed by atoms with van der Waals surface area (Å²) in [7, 11) is 0. The van der Waals surface area contributed by atoms with E-state index < -0.39 is 0 Å². The van der Waals surface area contributed by atoms with Crippen molar-refractivity contribution < 1.29 is 14.4 Å². The average molecular weight is 438 g/mol. The Balaban J connectivity index is 0.000000129. The predicted molar refractivity (Wildman–Crippen MR) is 133 cm³/mol. The molecule has 34 heavy (non-hydrogen) atoms. The number of hydrogen-bond acceptors (Lipinski definition) is 3. The molecule has 0 aliphatic heterocycles. The van der Waals surface area contributed by atoms with E-state index in [2.05, 4.69) is 18.2 Å². The van der Waals surface area contributed by atoms with Crippen LogP contribution in [0.15, 0.2) is 109 Å². The normalized spacial score (nSPS) is 12.9. The molecule has 0 heterocycles. The quantitative estimate of drug-likeness (QED) is 0.271. The molecule has 0 saturated heterocycles. The highest BCUT2D eigenvalue weighted by molar-refractivity contribution is 6.28. The van der Waals surface area contributed by atoms with E-state index in [1.807, 2.05) is 42.5 Å². The largest absolute Gasteiger partial charge is 0.289 e. The van der Waals surface area contributed by atoms with Crippen molar-refractivity contribution in [2.45, 2.75) is 0 Å². The molecule has 5 aromatic carbocycles. The fourth-order valence-electron chi connectivity index (χ4n) is 4.86. The zero-order valence-electron chi connectivity index (χ0n) is 18.1. The minimum absolute atomic E-state index is 0.0641. The van der Waals surface area contributed by atoms with Gasteiger partial charge in [0.1, 0.15) is 0 Å². The van der Waals surface area contributed by atoms with Crippen LogP contribution in [0.3, 0.4) is 0 Å². The van der Waals surface area contributed by atoms with Crippen LogP contribution in [-0.2, 0) is 0 Å². The van der Waals surface area contributed by atoms with Crippen LogP contribution in [0.25, 0.3) is 21.9 Å². The van der Waals surface area contributed by atoms with Crippen LogP contribution in [0, 0.1) is 0 Å². The fraction of sp³-hybridized carbons (Fsp3) is 0. The second-order valence-electron chi connectivity index (χ2n) is 8.33. The first kappa shape index (κ1) is 20.0. The lowest BCUT2D eigenvalue weighted by Gasteiger charge is -2.19. The van der Waals surface area contributed by atoms with Crippen LogP contribution in [0.2, 0.25) is 0 Å². The summed E-state index contributed by atoms with van der Waals surface area (Å²) >= 11 is 0. The van der Waals surface area contributed by atoms with Crippen molar-refractivity contribution in [2.75, 3.05) is 0 Å². The van der Waals surface area contributed by atoms with Crippen LogP contribution in [0.5, 0.6) is 0 Å². The Kier molecular flexibility index (Phi) is 4.56. The van der Waals surface area contributed by atoms with Gasteiger partial charge in [-0.25, -0.2) is 0 Å². The molecule has 0 fully saturated rings. The van der Waals surface area contributed by atoms with E-state index in [1.54, 1.807) is 48.5 Å². The number of ketones is 3. The number of rotatable bonds is 0. The highest BCUT2D eigenvalue weighted by Gasteiger charge is 2.28. The molecule has 0 saturated carbocycles. The summed E-state index contributed by atoms with van der Waals surface area (Å²) in [5.41, 5.74) is 5.87. The second kappa shape index (κ2) is 7.75. The van der Waals surface area contributed by atoms with Gasteiger partial charge >= 0.3 is 0 Å². The number of fused-ring (bicyclic) bond motifs is 4. The van der Waals surface area contributed by atoms with Crippen molar-refractivity contribution in [3.63, 3.8) is 0 Å². The van der Waals surface area contributed by atoms with Crippen molar-refractivity contribution in [2.24, 2.45) is 0 Å². The number of hydrogen-bond donors (Lipinski definition) is 0. The molecule has 0 atom stereocenters. The van der Waals surface area contributed by atoms with E-state index in [0.29, 0.717) is 22.3 Å². The summed E-state index contributed by atoms with van der Waals surface area (Å²) < 4.78 is 0. The van der Waals surface area contributed by atoms with E-state index in [0.717, 1.165) is 27.5 Å². The standard InChI is InChI=1S/C17H10O.C14H8O2/c18-17-14-8-2-1-7-12(14)13-9-3-5-11-6-4-10-15(17)16(11)13;15-13-9-5-1-2-6-10(9)14(16)12-8-4-3-7-11(12)13/h1-10H;1-8H. The highest BCUT2D eigenvalue weighted by Crippen LogP contribution is 2.38. The highest BCUT2D eigenvalue weighted by atomic mass is 16.1. The molecular weight excluding hydrogens is 420 g/mol. The molecule has 7 rings (SSSR count). The molecule has 160 valence electrons. The number of carbonyl (C=O) groups is 3. The van der Waals surface area contributed by atoms with Crippen LogP contribution in [0.1, 0.15) is 47.8 Å². The minimum Gasteiger partial charge on any atom is -0.289 e. The Morgan fingerprint density at radius 1 is 0.294 bits per heavy atom. The van der Waals surface area contributed by atoms with E-state index in [4.69, 9.17) is 0 Å². The molecule has 0 aromatic heterocycles. The van der Waals surface area contributed by atoms with Crippen LogP contribution in [0.4, 0.5) is 0 Å². The van der Waals surface area contributed by atoms with E-state index >= 15 is 0 Å². The molecule has 3 nitrogen and oxygen atoms in total. The first-order chi connectivity index (χ1) is 16.6. The monoisotopic (exact) mass is 438 g/mol. The molecular formula is C31H18O3. The maximum atomic E-state index is 12.5. The van der Waals surface area contributed by atoms with E-state index in [1.165, 1.54) is 5.56 Å². The molecule has 3 heteroatoms. The summed E-state index contributed by atoms with van der Waals surface area (Å²) in [5.74, 6) is 0.00602. The van der Waals surface area contributed by atoms with Gasteiger partial charge in [0.15, 0.2) is 17.3 Å². The maximum Gasteiger partial charge on any atom is 0.194 e. The molecule has 0 amide bonds. The smallest absolute Gasteiger partial charge is 0.194 e. The first-order valence-corrected chi connectivity index (χ1v) is 11.1. The van der Waals surface area contributed by atoms with Gasteiger partial charge in [-0.05, 0) is 16.5 Å². The van der Waals surface area contributed by atoms with Gasteiger partial charge in [0.2, 0.25) is 0 Å². The molecule has 5 aromatic rings. The summed E-state index contributed by atoms with van der Waals surface area (Å²) in [5, 5.41) is 2.22. The van der Waals surface area contributed by atoms with Gasteiger partial charge in [0.25, 0.3) is 0 Å². The Labute approximate surface area is 196 Å². The summed E-state index contributed by atoms with van der Waals surface area (Å²) in [6.07, 6.45) is 0. The number of benzene rings is 5. The summed E-state index contributed by atoms with van der Waals surface area (Å²) in [6.45, 7) is 0. The topological polar surface area (TPSA) is 51.2 Å². The molecule has 0 spiro atoms. The first-order valence-electron chi connectivity index (χ1n) is 11.1. The van der Waals surface area contributed by atoms with Crippen molar-refractivity contribution in [1.82, 2.24) is 0 Å². The lowest BCUT2D eigenvalue weighted by atomic mass is 9.83. The average Bonchev–Trinajstić information content (AvgIpc) is 2.90. The molecule has 0 unspecified atom stereocenters. The van der Waals surface area contributed by atoms with Crippen molar-refractivity contribution >= 4 is 28.1 Å². The molecule has 0 N–H and O–H groups in total. The van der Waals surface area contributed by atoms with Gasteiger partial charge in [-0.15, -0.1) is 0 Å².